The van der Waals surface area contributed by atoms with Crippen LogP contribution >= 0.6 is 14.7 Å². The molecule has 0 bridgehead atoms. The first-order valence-corrected chi connectivity index (χ1v) is 23.0. The van der Waals surface area contributed by atoms with Gasteiger partial charge in [-0.2, -0.15) is 0 Å². The second kappa shape index (κ2) is 18.0. The summed E-state index contributed by atoms with van der Waals surface area (Å²) in [6.07, 6.45) is 0. The van der Waals surface area contributed by atoms with Crippen LogP contribution in [0.1, 0.15) is 27.6 Å². The third kappa shape index (κ3) is 9.99. The highest BCUT2D eigenvalue weighted by Crippen LogP contribution is 2.52. The van der Waals surface area contributed by atoms with E-state index in [0.717, 1.165) is 32.9 Å². The molecule has 0 aliphatic carbocycles. The van der Waals surface area contributed by atoms with Crippen LogP contribution in [0.25, 0.3) is 22.3 Å². The van der Waals surface area contributed by atoms with Crippen LogP contribution in [0.3, 0.4) is 0 Å². The minimum atomic E-state index is -2.71. The van der Waals surface area contributed by atoms with Gasteiger partial charge < -0.3 is 28.4 Å². The summed E-state index contributed by atoms with van der Waals surface area (Å²) in [5.74, 6) is 0.746. The van der Waals surface area contributed by atoms with Crippen molar-refractivity contribution in [3.05, 3.63) is 181 Å². The molecule has 0 saturated heterocycles. The topological polar surface area (TPSA) is 152 Å². The van der Waals surface area contributed by atoms with Crippen molar-refractivity contribution in [3.8, 4) is 56.8 Å². The van der Waals surface area contributed by atoms with E-state index in [2.05, 4.69) is 0 Å². The number of para-hydroxylation sites is 2. The third-order valence-corrected chi connectivity index (χ3v) is 12.9. The maximum Gasteiger partial charge on any atom is 0.343 e. The molecule has 13 heteroatoms. The van der Waals surface area contributed by atoms with Gasteiger partial charge in [0.05, 0.1) is 21.7 Å². The number of esters is 3. The summed E-state index contributed by atoms with van der Waals surface area (Å²) in [6, 6.07) is 48.4. The van der Waals surface area contributed by atoms with Crippen molar-refractivity contribution in [1.82, 2.24) is 0 Å². The molecule has 7 aromatic rings. The lowest BCUT2D eigenvalue weighted by molar-refractivity contribution is -0.131. The maximum atomic E-state index is 12.4. The van der Waals surface area contributed by atoms with Crippen LogP contribution in [0.15, 0.2) is 170 Å². The largest absolute Gasteiger partial charge is 0.508 e. The molecule has 0 fully saturated rings. The van der Waals surface area contributed by atoms with Gasteiger partial charge in [0.15, 0.2) is 0 Å². The number of aromatic hydroxyl groups is 1. The van der Waals surface area contributed by atoms with E-state index in [1.807, 2.05) is 97.1 Å². The van der Waals surface area contributed by atoms with E-state index in [-0.39, 0.29) is 28.4 Å². The molecule has 11 nitrogen and oxygen atoms in total. The van der Waals surface area contributed by atoms with Crippen LogP contribution in [0.4, 0.5) is 0 Å². The van der Waals surface area contributed by atoms with Gasteiger partial charge in [0.2, 0.25) is 0 Å². The second-order valence-corrected chi connectivity index (χ2v) is 18.5. The van der Waals surface area contributed by atoms with E-state index >= 15 is 0 Å². The van der Waals surface area contributed by atoms with E-state index in [0.29, 0.717) is 17.2 Å². The lowest BCUT2D eigenvalue weighted by Crippen LogP contribution is -2.16. The van der Waals surface area contributed by atoms with Crippen molar-refractivity contribution in [2.45, 2.75) is 6.92 Å². The molecule has 2 atom stereocenters. The fourth-order valence-corrected chi connectivity index (χ4v) is 9.70. The van der Waals surface area contributed by atoms with Gasteiger partial charge in [-0.1, -0.05) is 72.8 Å². The van der Waals surface area contributed by atoms with Crippen molar-refractivity contribution in [1.29, 1.82) is 0 Å². The van der Waals surface area contributed by atoms with Crippen LogP contribution in [-0.2, 0) is 13.9 Å². The molecule has 2 aliphatic rings. The van der Waals surface area contributed by atoms with Crippen LogP contribution in [0.2, 0.25) is 0 Å². The summed E-state index contributed by atoms with van der Waals surface area (Å²) in [4.78, 5) is 35.3. The van der Waals surface area contributed by atoms with E-state index in [9.17, 15) is 28.6 Å². The van der Waals surface area contributed by atoms with Crippen molar-refractivity contribution in [2.75, 3.05) is 13.3 Å². The quantitative estimate of drug-likeness (QED) is 0.100. The lowest BCUT2D eigenvalue weighted by atomic mass is 10.0. The molecule has 0 spiro atoms. The zero-order valence-electron chi connectivity index (χ0n) is 33.1. The Morgan fingerprint density at radius 3 is 1.16 bits per heavy atom. The standard InChI is InChI=1S/C22H16O7.2C13H11O2P/c1-14(23)27-18-10-12-20(13-11-18)29-22(26)16-4-2-15(3-5-16)21(25)28-19-8-6-17(24)7-9-19;2*1-16(14)13-9-5-3-7-11(13)10-6-2-4-8-12(10)15-16/h2-13,24H,1H3;2*2-9H,1H3. The molecule has 2 heterocycles. The molecule has 7 aromatic carbocycles. The summed E-state index contributed by atoms with van der Waals surface area (Å²) in [7, 11) is -5.42. The van der Waals surface area contributed by atoms with E-state index in [1.165, 1.54) is 79.7 Å². The molecular formula is C48H38O11P2. The van der Waals surface area contributed by atoms with Crippen LogP contribution in [-0.4, -0.2) is 36.3 Å². The van der Waals surface area contributed by atoms with E-state index in [1.54, 1.807) is 13.3 Å². The number of carbonyl (C=O) groups excluding carboxylic acids is 3. The Bertz CT molecular complexity index is 2730. The Kier molecular flexibility index (Phi) is 12.4. The Morgan fingerprint density at radius 1 is 0.443 bits per heavy atom. The zero-order chi connectivity index (χ0) is 43.1. The molecular weight excluding hydrogens is 814 g/mol. The van der Waals surface area contributed by atoms with Crippen molar-refractivity contribution in [3.63, 3.8) is 0 Å². The normalized spacial score (nSPS) is 16.2. The monoisotopic (exact) mass is 852 g/mol. The molecule has 0 radical (unpaired) electrons. The number of fused-ring (bicyclic) bond motifs is 6. The van der Waals surface area contributed by atoms with Crippen molar-refractivity contribution >= 4 is 43.3 Å². The molecule has 306 valence electrons. The minimum Gasteiger partial charge on any atom is -0.508 e. The average Bonchev–Trinajstić information content (AvgIpc) is 3.25. The average molecular weight is 853 g/mol. The molecule has 1 N–H and O–H groups in total. The summed E-state index contributed by atoms with van der Waals surface area (Å²) in [5, 5.41) is 10.9. The summed E-state index contributed by atoms with van der Waals surface area (Å²) in [6.45, 7) is 4.63. The highest BCUT2D eigenvalue weighted by Gasteiger charge is 2.32. The van der Waals surface area contributed by atoms with Gasteiger partial charge in [0, 0.05) is 31.4 Å². The van der Waals surface area contributed by atoms with Gasteiger partial charge in [-0.3, -0.25) is 13.9 Å². The number of carbonyl (C=O) groups is 3. The molecule has 2 aliphatic heterocycles. The predicted molar refractivity (Wildman–Crippen MR) is 234 cm³/mol. The van der Waals surface area contributed by atoms with Crippen molar-refractivity contribution < 1.29 is 51.9 Å². The Hall–Kier alpha value is -7.19. The fourth-order valence-electron chi connectivity index (χ4n) is 6.45. The van der Waals surface area contributed by atoms with Gasteiger partial charge in [-0.05, 0) is 108 Å². The molecule has 2 unspecified atom stereocenters. The summed E-state index contributed by atoms with van der Waals surface area (Å²) < 4.78 is 51.3. The van der Waals surface area contributed by atoms with Crippen LogP contribution in [0, 0.1) is 0 Å². The Balaban J connectivity index is 0.000000148. The van der Waals surface area contributed by atoms with Gasteiger partial charge in [0.1, 0.15) is 34.5 Å². The number of phenols is 1. The number of benzene rings is 7. The molecule has 0 saturated carbocycles. The maximum absolute atomic E-state index is 12.4. The van der Waals surface area contributed by atoms with Crippen LogP contribution < -0.4 is 33.9 Å². The number of hydrogen-bond acceptors (Lipinski definition) is 11. The minimum absolute atomic E-state index is 0.0636. The molecule has 9 rings (SSSR count). The number of rotatable bonds is 5. The third-order valence-electron chi connectivity index (χ3n) is 9.28. The van der Waals surface area contributed by atoms with E-state index in [4.69, 9.17) is 23.3 Å². The van der Waals surface area contributed by atoms with Gasteiger partial charge in [0.25, 0.3) is 14.7 Å². The van der Waals surface area contributed by atoms with Gasteiger partial charge in [-0.15, -0.1) is 0 Å². The molecule has 0 aromatic heterocycles. The van der Waals surface area contributed by atoms with Crippen molar-refractivity contribution in [2.24, 2.45) is 0 Å². The Morgan fingerprint density at radius 2 is 0.770 bits per heavy atom. The van der Waals surface area contributed by atoms with Crippen LogP contribution in [0.5, 0.6) is 34.5 Å². The number of hydrogen-bond donors (Lipinski definition) is 1. The first kappa shape index (κ1) is 42.0. The number of phenolic OH excluding ortho intramolecular Hbond substituents is 1. The lowest BCUT2D eigenvalue weighted by Gasteiger charge is -2.25. The second-order valence-electron chi connectivity index (χ2n) is 13.8. The molecule has 0 amide bonds. The predicted octanol–water partition coefficient (Wildman–Crippen LogP) is 10.3. The zero-order valence-corrected chi connectivity index (χ0v) is 34.9. The van der Waals surface area contributed by atoms with Gasteiger partial charge in [-0.25, -0.2) is 9.59 Å². The summed E-state index contributed by atoms with van der Waals surface area (Å²) >= 11 is 0. The first-order chi connectivity index (χ1) is 29.3. The van der Waals surface area contributed by atoms with Gasteiger partial charge >= 0.3 is 17.9 Å². The number of ether oxygens (including phenoxy) is 3. The SMILES string of the molecule is CC(=O)Oc1ccc(OC(=O)c2ccc(C(=O)Oc3ccc(O)cc3)cc2)cc1.CP1(=O)Oc2ccccc2-c2ccccc21.CP1(=O)Oc2ccccc2-c2ccccc21. The Labute approximate surface area is 352 Å². The van der Waals surface area contributed by atoms with E-state index < -0.39 is 32.6 Å². The first-order valence-electron chi connectivity index (χ1n) is 18.8. The summed E-state index contributed by atoms with van der Waals surface area (Å²) in [5.41, 5.74) is 4.58. The highest BCUT2D eigenvalue weighted by molar-refractivity contribution is 7.67. The fraction of sp³-hybridized carbons (Fsp3) is 0.0625. The highest BCUT2D eigenvalue weighted by atomic mass is 31.2. The smallest absolute Gasteiger partial charge is 0.343 e. The molecule has 61 heavy (non-hydrogen) atoms.